The fourth-order valence-electron chi connectivity index (χ4n) is 2.41. The lowest BCUT2D eigenvalue weighted by molar-refractivity contribution is 0.473. The lowest BCUT2D eigenvalue weighted by Crippen LogP contribution is -2.26. The quantitative estimate of drug-likeness (QED) is 0.794. The summed E-state index contributed by atoms with van der Waals surface area (Å²) in [7, 11) is 0. The Bertz CT molecular complexity index is 339. The van der Waals surface area contributed by atoms with E-state index in [9.17, 15) is 0 Å². The topological polar surface area (TPSA) is 42.7 Å². The zero-order chi connectivity index (χ0) is 12.1. The minimum atomic E-state index is 0.357. The maximum absolute atomic E-state index is 6.25. The van der Waals surface area contributed by atoms with Gasteiger partial charge in [0.15, 0.2) is 0 Å². The van der Waals surface area contributed by atoms with Gasteiger partial charge in [0, 0.05) is 11.9 Å². The summed E-state index contributed by atoms with van der Waals surface area (Å²) in [6.45, 7) is 4.88. The average Bonchev–Trinajstić information content (AvgIpc) is 2.90. The Morgan fingerprint density at radius 1 is 1.53 bits per heavy atom. The van der Waals surface area contributed by atoms with Crippen LogP contribution in [0.1, 0.15) is 38.4 Å². The molecule has 0 bridgehead atoms. The monoisotopic (exact) mass is 256 g/mol. The van der Waals surface area contributed by atoms with E-state index in [1.807, 2.05) is 4.68 Å². The summed E-state index contributed by atoms with van der Waals surface area (Å²) in [5.74, 6) is 1.65. The van der Waals surface area contributed by atoms with E-state index in [-0.39, 0.29) is 0 Å². The van der Waals surface area contributed by atoms with Crippen molar-refractivity contribution in [2.45, 2.75) is 51.1 Å². The fourth-order valence-corrected chi connectivity index (χ4v) is 2.78. The molecule has 0 amide bonds. The highest BCUT2D eigenvalue weighted by atomic mass is 35.5. The Labute approximate surface area is 108 Å². The van der Waals surface area contributed by atoms with Crippen LogP contribution in [0.25, 0.3) is 0 Å². The van der Waals surface area contributed by atoms with Crippen molar-refractivity contribution >= 4 is 11.6 Å². The van der Waals surface area contributed by atoms with Gasteiger partial charge in [0.25, 0.3) is 0 Å². The number of nitrogens with one attached hydrogen (secondary N) is 1. The van der Waals surface area contributed by atoms with Crippen LogP contribution in [0.5, 0.6) is 0 Å². The number of aromatic nitrogens is 3. The van der Waals surface area contributed by atoms with Crippen LogP contribution >= 0.6 is 11.6 Å². The second-order valence-electron chi connectivity index (χ2n) is 4.74. The van der Waals surface area contributed by atoms with Crippen LogP contribution in [0.4, 0.5) is 0 Å². The molecule has 5 heteroatoms. The van der Waals surface area contributed by atoms with Crippen LogP contribution in [0.15, 0.2) is 6.33 Å². The summed E-state index contributed by atoms with van der Waals surface area (Å²) < 4.78 is 1.97. The van der Waals surface area contributed by atoms with Gasteiger partial charge in [0.1, 0.15) is 12.2 Å². The first-order chi connectivity index (χ1) is 8.31. The van der Waals surface area contributed by atoms with E-state index in [1.165, 1.54) is 19.3 Å². The number of hydrogen-bond acceptors (Lipinski definition) is 3. The molecule has 1 saturated carbocycles. The van der Waals surface area contributed by atoms with E-state index in [2.05, 4.69) is 22.3 Å². The van der Waals surface area contributed by atoms with Crippen LogP contribution in [0, 0.1) is 5.92 Å². The molecule has 4 nitrogen and oxygen atoms in total. The molecule has 1 heterocycles. The van der Waals surface area contributed by atoms with Gasteiger partial charge in [-0.2, -0.15) is 5.10 Å². The van der Waals surface area contributed by atoms with E-state index in [4.69, 9.17) is 11.6 Å². The van der Waals surface area contributed by atoms with Gasteiger partial charge in [-0.05, 0) is 31.7 Å². The van der Waals surface area contributed by atoms with Crippen molar-refractivity contribution in [3.63, 3.8) is 0 Å². The third-order valence-electron chi connectivity index (χ3n) is 3.39. The Kier molecular flexibility index (Phi) is 4.80. The van der Waals surface area contributed by atoms with E-state index in [0.717, 1.165) is 31.9 Å². The maximum atomic E-state index is 6.25. The van der Waals surface area contributed by atoms with Crippen LogP contribution in [0.2, 0.25) is 0 Å². The molecule has 0 saturated heterocycles. The Morgan fingerprint density at radius 3 is 3.12 bits per heavy atom. The third kappa shape index (κ3) is 3.42. The molecule has 0 aliphatic heterocycles. The zero-order valence-electron chi connectivity index (χ0n) is 10.4. The second kappa shape index (κ2) is 6.36. The molecule has 0 spiro atoms. The zero-order valence-corrected chi connectivity index (χ0v) is 11.2. The van der Waals surface area contributed by atoms with E-state index in [0.29, 0.717) is 11.3 Å². The summed E-state index contributed by atoms with van der Waals surface area (Å²) >= 11 is 6.25. The van der Waals surface area contributed by atoms with Gasteiger partial charge >= 0.3 is 0 Å². The van der Waals surface area contributed by atoms with Gasteiger partial charge < -0.3 is 5.32 Å². The smallest absolute Gasteiger partial charge is 0.140 e. The number of aryl methyl sites for hydroxylation is 1. The van der Waals surface area contributed by atoms with Gasteiger partial charge in [0.2, 0.25) is 0 Å². The van der Waals surface area contributed by atoms with E-state index >= 15 is 0 Å². The first kappa shape index (κ1) is 12.8. The first-order valence-electron chi connectivity index (χ1n) is 6.52. The van der Waals surface area contributed by atoms with Gasteiger partial charge in [-0.25, -0.2) is 9.67 Å². The summed E-state index contributed by atoms with van der Waals surface area (Å²) in [5, 5.41) is 8.02. The SMILES string of the molecule is CCCn1ncnc1CNCC1CCCC1Cl. The Hall–Kier alpha value is -0.610. The third-order valence-corrected chi connectivity index (χ3v) is 3.96. The van der Waals surface area contributed by atoms with Crippen LogP contribution < -0.4 is 5.32 Å². The normalized spacial score (nSPS) is 24.4. The van der Waals surface area contributed by atoms with Crippen molar-refractivity contribution in [1.29, 1.82) is 0 Å². The number of hydrogen-bond donors (Lipinski definition) is 1. The summed E-state index contributed by atoms with van der Waals surface area (Å²) in [6.07, 6.45) is 6.41. The van der Waals surface area contributed by atoms with Crippen molar-refractivity contribution in [1.82, 2.24) is 20.1 Å². The van der Waals surface area contributed by atoms with Crippen molar-refractivity contribution in [3.8, 4) is 0 Å². The van der Waals surface area contributed by atoms with Crippen molar-refractivity contribution in [2.24, 2.45) is 5.92 Å². The summed E-state index contributed by atoms with van der Waals surface area (Å²) in [4.78, 5) is 4.27. The molecular weight excluding hydrogens is 236 g/mol. The van der Waals surface area contributed by atoms with Gasteiger partial charge in [-0.1, -0.05) is 13.3 Å². The van der Waals surface area contributed by atoms with Gasteiger partial charge in [-0.3, -0.25) is 0 Å². The first-order valence-corrected chi connectivity index (χ1v) is 6.96. The molecule has 1 aliphatic carbocycles. The van der Waals surface area contributed by atoms with Crippen LogP contribution in [0.3, 0.4) is 0 Å². The number of rotatable bonds is 6. The summed E-state index contributed by atoms with van der Waals surface area (Å²) in [5.41, 5.74) is 0. The number of halogens is 1. The minimum Gasteiger partial charge on any atom is -0.310 e. The van der Waals surface area contributed by atoms with Crippen LogP contribution in [-0.4, -0.2) is 26.7 Å². The second-order valence-corrected chi connectivity index (χ2v) is 5.30. The Balaban J connectivity index is 1.75. The van der Waals surface area contributed by atoms with E-state index < -0.39 is 0 Å². The highest BCUT2D eigenvalue weighted by Gasteiger charge is 2.24. The standard InChI is InChI=1S/C12H21ClN4/c1-2-6-17-12(15-9-16-17)8-14-7-10-4-3-5-11(10)13/h9-11,14H,2-8H2,1H3. The Morgan fingerprint density at radius 2 is 2.41 bits per heavy atom. The van der Waals surface area contributed by atoms with E-state index in [1.54, 1.807) is 6.33 Å². The lowest BCUT2D eigenvalue weighted by Gasteiger charge is -2.14. The molecule has 1 fully saturated rings. The number of alkyl halides is 1. The van der Waals surface area contributed by atoms with Crippen LogP contribution in [-0.2, 0) is 13.1 Å². The molecule has 1 aromatic rings. The van der Waals surface area contributed by atoms with Gasteiger partial charge in [0.05, 0.1) is 6.54 Å². The van der Waals surface area contributed by atoms with Crippen molar-refractivity contribution in [2.75, 3.05) is 6.54 Å². The molecule has 0 radical (unpaired) electrons. The minimum absolute atomic E-state index is 0.357. The average molecular weight is 257 g/mol. The highest BCUT2D eigenvalue weighted by Crippen LogP contribution is 2.29. The molecule has 2 rings (SSSR count). The molecule has 1 N–H and O–H groups in total. The molecule has 1 aromatic heterocycles. The predicted molar refractivity (Wildman–Crippen MR) is 69.0 cm³/mol. The summed E-state index contributed by atoms with van der Waals surface area (Å²) in [6, 6.07) is 0. The molecule has 17 heavy (non-hydrogen) atoms. The van der Waals surface area contributed by atoms with Crippen molar-refractivity contribution < 1.29 is 0 Å². The highest BCUT2D eigenvalue weighted by molar-refractivity contribution is 6.20. The molecule has 0 aromatic carbocycles. The molecule has 2 unspecified atom stereocenters. The number of nitrogens with zero attached hydrogens (tertiary/aromatic N) is 3. The molecule has 1 aliphatic rings. The van der Waals surface area contributed by atoms with Crippen molar-refractivity contribution in [3.05, 3.63) is 12.2 Å². The largest absolute Gasteiger partial charge is 0.310 e. The molecule has 2 atom stereocenters. The maximum Gasteiger partial charge on any atom is 0.140 e. The predicted octanol–water partition coefficient (Wildman–Crippen LogP) is 2.19. The molecular formula is C12H21ClN4. The van der Waals surface area contributed by atoms with Gasteiger partial charge in [-0.15, -0.1) is 11.6 Å². The lowest BCUT2D eigenvalue weighted by atomic mass is 10.1. The fraction of sp³-hybridized carbons (Fsp3) is 0.833. The molecule has 96 valence electrons.